The van der Waals surface area contributed by atoms with Crippen LogP contribution in [0.3, 0.4) is 0 Å². The zero-order valence-electron chi connectivity index (χ0n) is 10.8. The topological polar surface area (TPSA) is 58.4 Å². The maximum atomic E-state index is 13.5. The van der Waals surface area contributed by atoms with Gasteiger partial charge in [-0.1, -0.05) is 0 Å². The van der Waals surface area contributed by atoms with Gasteiger partial charge in [0.1, 0.15) is 12.0 Å². The van der Waals surface area contributed by atoms with Gasteiger partial charge in [-0.3, -0.25) is 9.69 Å². The molecule has 0 aliphatic carbocycles. The lowest BCUT2D eigenvalue weighted by Crippen LogP contribution is -2.45. The van der Waals surface area contributed by atoms with Crippen molar-refractivity contribution in [1.82, 2.24) is 15.2 Å². The molecule has 4 rings (SSSR count). The second-order valence-corrected chi connectivity index (χ2v) is 5.52. The number of pyridine rings is 1. The van der Waals surface area contributed by atoms with Crippen LogP contribution in [-0.2, 0) is 0 Å². The molecule has 2 aliphatic heterocycles. The van der Waals surface area contributed by atoms with Crippen LogP contribution in [0.15, 0.2) is 22.9 Å². The van der Waals surface area contributed by atoms with Crippen LogP contribution >= 0.6 is 0 Å². The molecule has 1 N–H and O–H groups in total. The molecular weight excluding hydrogens is 261 g/mol. The Hall–Kier alpha value is -1.95. The van der Waals surface area contributed by atoms with Gasteiger partial charge in [-0.25, -0.2) is 9.37 Å². The molecule has 0 spiro atoms. The highest BCUT2D eigenvalue weighted by Gasteiger charge is 2.38. The van der Waals surface area contributed by atoms with Crippen molar-refractivity contribution < 1.29 is 13.6 Å². The summed E-state index contributed by atoms with van der Waals surface area (Å²) in [6.45, 7) is 2.10. The summed E-state index contributed by atoms with van der Waals surface area (Å²) in [6, 6.07) is 1.44. The van der Waals surface area contributed by atoms with Crippen molar-refractivity contribution >= 4 is 16.9 Å². The van der Waals surface area contributed by atoms with Crippen molar-refractivity contribution in [2.75, 3.05) is 13.1 Å². The van der Waals surface area contributed by atoms with E-state index in [4.69, 9.17) is 4.42 Å². The molecule has 5 nitrogen and oxygen atoms in total. The van der Waals surface area contributed by atoms with E-state index in [1.165, 1.54) is 18.7 Å². The first-order valence-corrected chi connectivity index (χ1v) is 6.78. The molecule has 3 unspecified atom stereocenters. The number of carbonyl (C=O) groups excluding carboxylic acids is 1. The Labute approximate surface area is 114 Å². The zero-order valence-corrected chi connectivity index (χ0v) is 10.8. The van der Waals surface area contributed by atoms with Crippen LogP contribution in [0, 0.1) is 11.7 Å². The van der Waals surface area contributed by atoms with E-state index >= 15 is 0 Å². The van der Waals surface area contributed by atoms with Crippen LogP contribution in [0.4, 0.5) is 4.39 Å². The standard InChI is InChI=1S/C14H14FN3O2/c15-10-7-20-12-5-16-11(4-9(10)12)14(19)17-13-3-8-1-2-18(13)6-8/h4-5,7-8,13H,1-3,6H2,(H,17,19). The number of aromatic nitrogens is 1. The molecule has 0 aromatic carbocycles. The molecule has 0 saturated carbocycles. The van der Waals surface area contributed by atoms with Crippen LogP contribution in [-0.4, -0.2) is 35.0 Å². The van der Waals surface area contributed by atoms with Crippen molar-refractivity contribution in [3.8, 4) is 0 Å². The predicted molar refractivity (Wildman–Crippen MR) is 69.5 cm³/mol. The van der Waals surface area contributed by atoms with Gasteiger partial charge in [0.05, 0.1) is 17.7 Å². The second-order valence-electron chi connectivity index (χ2n) is 5.52. The molecule has 104 valence electrons. The third-order valence-electron chi connectivity index (χ3n) is 4.26. The van der Waals surface area contributed by atoms with Gasteiger partial charge in [-0.05, 0) is 24.8 Å². The van der Waals surface area contributed by atoms with E-state index in [2.05, 4.69) is 15.2 Å². The predicted octanol–water partition coefficient (Wildman–Crippen LogP) is 1.75. The molecular formula is C14H14FN3O2. The first kappa shape index (κ1) is 11.8. The number of amides is 1. The average Bonchev–Trinajstić information content (AvgIpc) is 3.15. The smallest absolute Gasteiger partial charge is 0.271 e. The summed E-state index contributed by atoms with van der Waals surface area (Å²) in [5.41, 5.74) is 0.574. The fourth-order valence-electron chi connectivity index (χ4n) is 3.20. The number of fused-ring (bicyclic) bond motifs is 3. The highest BCUT2D eigenvalue weighted by Crippen LogP contribution is 2.31. The normalized spacial score (nSPS) is 28.1. The number of nitrogens with one attached hydrogen (secondary N) is 1. The lowest BCUT2D eigenvalue weighted by molar-refractivity contribution is 0.0878. The fraction of sp³-hybridized carbons (Fsp3) is 0.429. The third-order valence-corrected chi connectivity index (χ3v) is 4.26. The summed E-state index contributed by atoms with van der Waals surface area (Å²) in [7, 11) is 0. The summed E-state index contributed by atoms with van der Waals surface area (Å²) in [6.07, 6.45) is 4.71. The number of furan rings is 1. The van der Waals surface area contributed by atoms with Crippen LogP contribution < -0.4 is 5.32 Å². The largest absolute Gasteiger partial charge is 0.460 e. The van der Waals surface area contributed by atoms with E-state index in [0.29, 0.717) is 16.9 Å². The molecule has 1 amide bonds. The Morgan fingerprint density at radius 2 is 2.45 bits per heavy atom. The first-order valence-electron chi connectivity index (χ1n) is 6.78. The summed E-state index contributed by atoms with van der Waals surface area (Å²) in [5.74, 6) is -0.0350. The number of nitrogens with zero attached hydrogens (tertiary/aromatic N) is 2. The highest BCUT2D eigenvalue weighted by atomic mass is 19.1. The quantitative estimate of drug-likeness (QED) is 0.907. The first-order chi connectivity index (χ1) is 9.70. The molecule has 2 aromatic heterocycles. The number of hydrogen-bond acceptors (Lipinski definition) is 4. The van der Waals surface area contributed by atoms with Gasteiger partial charge in [0.25, 0.3) is 5.91 Å². The molecule has 20 heavy (non-hydrogen) atoms. The van der Waals surface area contributed by atoms with E-state index < -0.39 is 5.82 Å². The van der Waals surface area contributed by atoms with Crippen LogP contribution in [0.5, 0.6) is 0 Å². The lowest BCUT2D eigenvalue weighted by atomic mass is 10.0. The molecule has 6 heteroatoms. The maximum Gasteiger partial charge on any atom is 0.271 e. The minimum absolute atomic E-state index is 0.0907. The minimum atomic E-state index is -0.472. The van der Waals surface area contributed by atoms with Crippen LogP contribution in [0.25, 0.3) is 11.0 Å². The Kier molecular flexibility index (Phi) is 2.53. The summed E-state index contributed by atoms with van der Waals surface area (Å²) in [5, 5.41) is 3.26. The van der Waals surface area contributed by atoms with Gasteiger partial charge >= 0.3 is 0 Å². The van der Waals surface area contributed by atoms with Gasteiger partial charge in [0.2, 0.25) is 0 Å². The Bertz CT molecular complexity index is 684. The van der Waals surface area contributed by atoms with Crippen molar-refractivity contribution in [1.29, 1.82) is 0 Å². The Morgan fingerprint density at radius 1 is 1.55 bits per heavy atom. The van der Waals surface area contributed by atoms with E-state index in [9.17, 15) is 9.18 Å². The van der Waals surface area contributed by atoms with Gasteiger partial charge in [-0.2, -0.15) is 0 Å². The van der Waals surface area contributed by atoms with Gasteiger partial charge in [0.15, 0.2) is 11.4 Å². The summed E-state index contributed by atoms with van der Waals surface area (Å²) < 4.78 is 18.4. The van der Waals surface area contributed by atoms with Crippen molar-refractivity contribution in [3.63, 3.8) is 0 Å². The Morgan fingerprint density at radius 3 is 3.20 bits per heavy atom. The number of piperidine rings is 1. The van der Waals surface area contributed by atoms with Crippen molar-refractivity contribution in [3.05, 3.63) is 30.0 Å². The van der Waals surface area contributed by atoms with Crippen molar-refractivity contribution in [2.24, 2.45) is 5.92 Å². The van der Waals surface area contributed by atoms with Crippen LogP contribution in [0.1, 0.15) is 23.3 Å². The maximum absolute atomic E-state index is 13.5. The number of halogens is 1. The monoisotopic (exact) mass is 275 g/mol. The molecule has 2 bridgehead atoms. The van der Waals surface area contributed by atoms with Crippen LogP contribution in [0.2, 0.25) is 0 Å². The molecule has 2 aromatic rings. The van der Waals surface area contributed by atoms with E-state index in [0.717, 1.165) is 25.8 Å². The number of carbonyl (C=O) groups is 1. The number of hydrogen-bond donors (Lipinski definition) is 1. The fourth-order valence-corrected chi connectivity index (χ4v) is 3.20. The molecule has 2 saturated heterocycles. The molecule has 0 radical (unpaired) electrons. The van der Waals surface area contributed by atoms with Gasteiger partial charge < -0.3 is 9.73 Å². The summed E-state index contributed by atoms with van der Waals surface area (Å²) in [4.78, 5) is 18.5. The second kappa shape index (κ2) is 4.28. The Balaban J connectivity index is 1.56. The molecule has 2 fully saturated rings. The summed E-state index contributed by atoms with van der Waals surface area (Å²) >= 11 is 0. The lowest BCUT2D eigenvalue weighted by Gasteiger charge is -2.25. The molecule has 3 atom stereocenters. The third kappa shape index (κ3) is 1.79. The van der Waals surface area contributed by atoms with Gasteiger partial charge in [-0.15, -0.1) is 0 Å². The van der Waals surface area contributed by atoms with Gasteiger partial charge in [0, 0.05) is 13.1 Å². The highest BCUT2D eigenvalue weighted by molar-refractivity contribution is 5.95. The van der Waals surface area contributed by atoms with E-state index in [1.807, 2.05) is 0 Å². The molecule has 2 aliphatic rings. The molecule has 4 heterocycles. The van der Waals surface area contributed by atoms with Crippen molar-refractivity contribution in [2.45, 2.75) is 19.0 Å². The number of rotatable bonds is 2. The SMILES string of the molecule is O=C(NC1CC2CCN1C2)c1cc2c(F)coc2cn1. The zero-order chi connectivity index (χ0) is 13.7. The van der Waals surface area contributed by atoms with E-state index in [-0.39, 0.29) is 17.8 Å². The van der Waals surface area contributed by atoms with E-state index in [1.54, 1.807) is 0 Å². The average molecular weight is 275 g/mol. The minimum Gasteiger partial charge on any atom is -0.460 e.